The van der Waals surface area contributed by atoms with Crippen molar-refractivity contribution in [3.8, 4) is 0 Å². The van der Waals surface area contributed by atoms with Gasteiger partial charge in [-0.05, 0) is 42.9 Å². The van der Waals surface area contributed by atoms with E-state index in [1.54, 1.807) is 0 Å². The number of halogens is 1. The van der Waals surface area contributed by atoms with E-state index in [4.69, 9.17) is 16.7 Å². The predicted octanol–water partition coefficient (Wildman–Crippen LogP) is 2.60. The molecule has 4 heteroatoms. The summed E-state index contributed by atoms with van der Waals surface area (Å²) in [6, 6.07) is 5.39. The van der Waals surface area contributed by atoms with E-state index < -0.39 is 12.0 Å². The zero-order valence-corrected chi connectivity index (χ0v) is 10.5. The summed E-state index contributed by atoms with van der Waals surface area (Å²) in [5.74, 6) is -0.459. The smallest absolute Gasteiger partial charge is 0.320 e. The van der Waals surface area contributed by atoms with Gasteiger partial charge >= 0.3 is 5.97 Å². The van der Waals surface area contributed by atoms with Crippen LogP contribution in [0.15, 0.2) is 18.2 Å². The fourth-order valence-electron chi connectivity index (χ4n) is 1.86. The van der Waals surface area contributed by atoms with Crippen LogP contribution < -0.4 is 5.32 Å². The SMILES string of the molecule is Cc1ccc(CNC(C(=O)O)C2CC2)cc1Cl. The van der Waals surface area contributed by atoms with Crippen LogP contribution in [0.1, 0.15) is 24.0 Å². The summed E-state index contributed by atoms with van der Waals surface area (Å²) in [7, 11) is 0. The summed E-state index contributed by atoms with van der Waals surface area (Å²) in [5, 5.41) is 12.9. The number of carboxylic acids is 1. The Labute approximate surface area is 106 Å². The first-order valence-corrected chi connectivity index (χ1v) is 6.17. The maximum atomic E-state index is 11.0. The molecule has 1 aromatic carbocycles. The molecule has 0 aliphatic heterocycles. The van der Waals surface area contributed by atoms with Crippen LogP contribution in [0.5, 0.6) is 0 Å². The molecule has 1 unspecified atom stereocenters. The molecule has 1 fully saturated rings. The van der Waals surface area contributed by atoms with Gasteiger partial charge in [0.25, 0.3) is 0 Å². The Balaban J connectivity index is 1.96. The van der Waals surface area contributed by atoms with Gasteiger partial charge in [0.15, 0.2) is 0 Å². The maximum absolute atomic E-state index is 11.0. The molecule has 0 saturated heterocycles. The van der Waals surface area contributed by atoms with Gasteiger partial charge in [0, 0.05) is 11.6 Å². The highest BCUT2D eigenvalue weighted by Gasteiger charge is 2.35. The highest BCUT2D eigenvalue weighted by Crippen LogP contribution is 2.32. The lowest BCUT2D eigenvalue weighted by atomic mass is 10.1. The Hall–Kier alpha value is -1.06. The number of hydrogen-bond acceptors (Lipinski definition) is 2. The standard InChI is InChI=1S/C13H16ClNO2/c1-8-2-3-9(6-11(8)14)7-15-12(13(16)17)10-4-5-10/h2-3,6,10,12,15H,4-5,7H2,1H3,(H,16,17). The summed E-state index contributed by atoms with van der Waals surface area (Å²) in [5.41, 5.74) is 2.06. The Morgan fingerprint density at radius 1 is 1.59 bits per heavy atom. The average molecular weight is 254 g/mol. The molecule has 0 aromatic heterocycles. The fourth-order valence-corrected chi connectivity index (χ4v) is 2.06. The summed E-state index contributed by atoms with van der Waals surface area (Å²) in [6.45, 7) is 2.50. The predicted molar refractivity (Wildman–Crippen MR) is 67.2 cm³/mol. The van der Waals surface area contributed by atoms with Crippen LogP contribution in [0.2, 0.25) is 5.02 Å². The number of carboxylic acid groups (broad SMARTS) is 1. The van der Waals surface area contributed by atoms with Gasteiger partial charge in [0.05, 0.1) is 0 Å². The van der Waals surface area contributed by atoms with Crippen molar-refractivity contribution in [2.24, 2.45) is 5.92 Å². The van der Waals surface area contributed by atoms with Crippen molar-refractivity contribution >= 4 is 17.6 Å². The van der Waals surface area contributed by atoms with Crippen LogP contribution in [0.3, 0.4) is 0 Å². The van der Waals surface area contributed by atoms with Crippen LogP contribution in [0.4, 0.5) is 0 Å². The largest absolute Gasteiger partial charge is 0.480 e. The number of carbonyl (C=O) groups is 1. The van der Waals surface area contributed by atoms with Crippen LogP contribution >= 0.6 is 11.6 Å². The van der Waals surface area contributed by atoms with Gasteiger partial charge in [0.2, 0.25) is 0 Å². The minimum atomic E-state index is -0.759. The molecule has 0 amide bonds. The third-order valence-corrected chi connectivity index (χ3v) is 3.53. The molecule has 1 aromatic rings. The second-order valence-corrected chi connectivity index (χ2v) is 5.02. The Kier molecular flexibility index (Phi) is 3.69. The maximum Gasteiger partial charge on any atom is 0.320 e. The molecule has 2 rings (SSSR count). The summed E-state index contributed by atoms with van der Waals surface area (Å²) >= 11 is 6.02. The summed E-state index contributed by atoms with van der Waals surface area (Å²) < 4.78 is 0. The fraction of sp³-hybridized carbons (Fsp3) is 0.462. The van der Waals surface area contributed by atoms with Crippen LogP contribution in [0.25, 0.3) is 0 Å². The van der Waals surface area contributed by atoms with Gasteiger partial charge < -0.3 is 10.4 Å². The lowest BCUT2D eigenvalue weighted by molar-refractivity contribution is -0.140. The summed E-state index contributed by atoms with van der Waals surface area (Å²) in [6.07, 6.45) is 2.03. The van der Waals surface area contributed by atoms with Gasteiger partial charge in [-0.3, -0.25) is 4.79 Å². The molecule has 3 nitrogen and oxygen atoms in total. The van der Waals surface area contributed by atoms with Crippen molar-refractivity contribution in [3.63, 3.8) is 0 Å². The number of rotatable bonds is 5. The Morgan fingerprint density at radius 3 is 2.82 bits per heavy atom. The molecule has 0 bridgehead atoms. The van der Waals surface area contributed by atoms with Gasteiger partial charge in [-0.2, -0.15) is 0 Å². The van der Waals surface area contributed by atoms with Crippen LogP contribution in [-0.4, -0.2) is 17.1 Å². The van der Waals surface area contributed by atoms with E-state index >= 15 is 0 Å². The molecular formula is C13H16ClNO2. The first-order valence-electron chi connectivity index (χ1n) is 5.79. The van der Waals surface area contributed by atoms with Gasteiger partial charge in [-0.1, -0.05) is 23.7 Å². The minimum Gasteiger partial charge on any atom is -0.480 e. The number of hydrogen-bond donors (Lipinski definition) is 2. The molecular weight excluding hydrogens is 238 g/mol. The molecule has 1 aliphatic carbocycles. The van der Waals surface area contributed by atoms with Crippen LogP contribution in [0, 0.1) is 12.8 Å². The average Bonchev–Trinajstić information content (AvgIpc) is 3.07. The zero-order valence-electron chi connectivity index (χ0n) is 9.74. The quantitative estimate of drug-likeness (QED) is 0.848. The molecule has 1 saturated carbocycles. The highest BCUT2D eigenvalue weighted by molar-refractivity contribution is 6.31. The van der Waals surface area contributed by atoms with E-state index in [0.29, 0.717) is 12.5 Å². The lowest BCUT2D eigenvalue weighted by Crippen LogP contribution is -2.38. The molecule has 92 valence electrons. The minimum absolute atomic E-state index is 0.299. The van der Waals surface area contributed by atoms with Crippen molar-refractivity contribution < 1.29 is 9.90 Å². The van der Waals surface area contributed by atoms with Crippen molar-refractivity contribution in [1.29, 1.82) is 0 Å². The Bertz CT molecular complexity index is 429. The van der Waals surface area contributed by atoms with Crippen molar-refractivity contribution in [2.45, 2.75) is 32.4 Å². The van der Waals surface area contributed by atoms with Crippen molar-refractivity contribution in [1.82, 2.24) is 5.32 Å². The van der Waals surface area contributed by atoms with Crippen molar-refractivity contribution in [2.75, 3.05) is 0 Å². The first kappa shape index (κ1) is 12.4. The summed E-state index contributed by atoms with van der Waals surface area (Å²) in [4.78, 5) is 11.0. The first-order chi connectivity index (χ1) is 8.08. The third-order valence-electron chi connectivity index (χ3n) is 3.12. The van der Waals surface area contributed by atoms with E-state index in [1.807, 2.05) is 25.1 Å². The van der Waals surface area contributed by atoms with Gasteiger partial charge in [0.1, 0.15) is 6.04 Å². The number of nitrogens with one attached hydrogen (secondary N) is 1. The molecule has 0 spiro atoms. The Morgan fingerprint density at radius 2 is 2.29 bits per heavy atom. The normalized spacial score (nSPS) is 16.8. The van der Waals surface area contributed by atoms with Gasteiger partial charge in [-0.25, -0.2) is 0 Å². The topological polar surface area (TPSA) is 49.3 Å². The molecule has 17 heavy (non-hydrogen) atoms. The molecule has 0 radical (unpaired) electrons. The van der Waals surface area contributed by atoms with Crippen molar-refractivity contribution in [3.05, 3.63) is 34.3 Å². The second-order valence-electron chi connectivity index (χ2n) is 4.62. The lowest BCUT2D eigenvalue weighted by Gasteiger charge is -2.13. The van der Waals surface area contributed by atoms with E-state index in [-0.39, 0.29) is 0 Å². The second kappa shape index (κ2) is 5.07. The van der Waals surface area contributed by atoms with E-state index in [9.17, 15) is 4.79 Å². The van der Waals surface area contributed by atoms with E-state index in [2.05, 4.69) is 5.32 Å². The highest BCUT2D eigenvalue weighted by atomic mass is 35.5. The molecule has 1 atom stereocenters. The van der Waals surface area contributed by atoms with Gasteiger partial charge in [-0.15, -0.1) is 0 Å². The molecule has 2 N–H and O–H groups in total. The van der Waals surface area contributed by atoms with E-state index in [1.165, 1.54) is 0 Å². The zero-order chi connectivity index (χ0) is 12.4. The number of benzene rings is 1. The van der Waals surface area contributed by atoms with Crippen LogP contribution in [-0.2, 0) is 11.3 Å². The molecule has 1 aliphatic rings. The third kappa shape index (κ3) is 3.20. The van der Waals surface area contributed by atoms with E-state index in [0.717, 1.165) is 29.0 Å². The number of aliphatic carboxylic acids is 1. The monoisotopic (exact) mass is 253 g/mol. The number of aryl methyl sites for hydroxylation is 1. The molecule has 0 heterocycles.